The second kappa shape index (κ2) is 10.9. The molecular weight excluding hydrogens is 450 g/mol. The van der Waals surface area contributed by atoms with Crippen molar-refractivity contribution < 1.29 is 28.7 Å². The molecule has 10 heteroatoms. The lowest BCUT2D eigenvalue weighted by Gasteiger charge is -2.41. The Morgan fingerprint density at radius 3 is 2.21 bits per heavy atom. The van der Waals surface area contributed by atoms with Gasteiger partial charge in [-0.05, 0) is 51.0 Å². The highest BCUT2D eigenvalue weighted by molar-refractivity contribution is 6.30. The van der Waals surface area contributed by atoms with Gasteiger partial charge in [0.1, 0.15) is 17.7 Å². The zero-order valence-electron chi connectivity index (χ0n) is 19.9. The summed E-state index contributed by atoms with van der Waals surface area (Å²) in [6, 6.07) is 4.52. The third-order valence-corrected chi connectivity index (χ3v) is 5.37. The van der Waals surface area contributed by atoms with Gasteiger partial charge in [-0.25, -0.2) is 9.59 Å². The highest BCUT2D eigenvalue weighted by Crippen LogP contribution is 2.19. The molecule has 33 heavy (non-hydrogen) atoms. The maximum atomic E-state index is 13.3. The standard InChI is InChI=1S/C23H32ClN3O6/c1-14(2)18(25-22(31)33-23(3,4)5)20(29)26-11-12-27(17(13-26)21(30)32-6)19(28)15-7-9-16(24)10-8-15/h7-10,14,17-18H,11-13H2,1-6H3,(H,25,31). The van der Waals surface area contributed by atoms with Crippen molar-refractivity contribution in [3.8, 4) is 0 Å². The number of esters is 1. The zero-order chi connectivity index (χ0) is 24.9. The summed E-state index contributed by atoms with van der Waals surface area (Å²) < 4.78 is 10.2. The van der Waals surface area contributed by atoms with Crippen molar-refractivity contribution in [3.05, 3.63) is 34.9 Å². The molecule has 0 spiro atoms. The normalized spacial score (nSPS) is 17.4. The molecule has 1 aliphatic heterocycles. The van der Waals surface area contributed by atoms with Crippen LogP contribution in [0.2, 0.25) is 5.02 Å². The highest BCUT2D eigenvalue weighted by Gasteiger charge is 2.40. The number of nitrogens with zero attached hydrogens (tertiary/aromatic N) is 2. The van der Waals surface area contributed by atoms with Crippen LogP contribution in [0.1, 0.15) is 45.0 Å². The van der Waals surface area contributed by atoms with E-state index in [0.29, 0.717) is 10.6 Å². The van der Waals surface area contributed by atoms with Crippen LogP contribution in [0.25, 0.3) is 0 Å². The maximum absolute atomic E-state index is 13.3. The predicted molar refractivity (Wildman–Crippen MR) is 123 cm³/mol. The summed E-state index contributed by atoms with van der Waals surface area (Å²) >= 11 is 5.90. The van der Waals surface area contributed by atoms with Gasteiger partial charge in [-0.3, -0.25) is 9.59 Å². The molecule has 1 aromatic rings. The summed E-state index contributed by atoms with van der Waals surface area (Å²) in [7, 11) is 1.23. The molecule has 1 aliphatic rings. The number of carbonyl (C=O) groups excluding carboxylic acids is 4. The van der Waals surface area contributed by atoms with Gasteiger partial charge in [0.15, 0.2) is 0 Å². The Hall–Kier alpha value is -2.81. The summed E-state index contributed by atoms with van der Waals surface area (Å²) in [5.41, 5.74) is -0.335. The Labute approximate surface area is 199 Å². The molecule has 2 atom stereocenters. The van der Waals surface area contributed by atoms with Gasteiger partial charge >= 0.3 is 12.1 Å². The first-order valence-electron chi connectivity index (χ1n) is 10.8. The number of amides is 3. The highest BCUT2D eigenvalue weighted by atomic mass is 35.5. The Balaban J connectivity index is 2.19. The minimum Gasteiger partial charge on any atom is -0.467 e. The number of methoxy groups -OCH3 is 1. The number of piperazine rings is 1. The lowest BCUT2D eigenvalue weighted by atomic mass is 10.0. The van der Waals surface area contributed by atoms with E-state index in [1.165, 1.54) is 16.9 Å². The molecule has 2 rings (SSSR count). The van der Waals surface area contributed by atoms with E-state index < -0.39 is 29.7 Å². The van der Waals surface area contributed by atoms with Gasteiger partial charge in [0.2, 0.25) is 5.91 Å². The molecule has 0 saturated carbocycles. The number of ether oxygens (including phenoxy) is 2. The van der Waals surface area contributed by atoms with Crippen molar-refractivity contribution in [2.45, 2.75) is 52.3 Å². The first kappa shape index (κ1) is 26.4. The van der Waals surface area contributed by atoms with Crippen LogP contribution in [0, 0.1) is 5.92 Å². The molecule has 1 aromatic carbocycles. The predicted octanol–water partition coefficient (Wildman–Crippen LogP) is 2.72. The van der Waals surface area contributed by atoms with Crippen LogP contribution in [0.3, 0.4) is 0 Å². The summed E-state index contributed by atoms with van der Waals surface area (Å²) in [4.78, 5) is 53.9. The van der Waals surface area contributed by atoms with Crippen molar-refractivity contribution in [1.82, 2.24) is 15.1 Å². The second-order valence-corrected chi connectivity index (χ2v) is 9.63. The largest absolute Gasteiger partial charge is 0.467 e. The molecule has 1 N–H and O–H groups in total. The molecule has 9 nitrogen and oxygen atoms in total. The van der Waals surface area contributed by atoms with E-state index in [9.17, 15) is 19.2 Å². The fraction of sp³-hybridized carbons (Fsp3) is 0.565. The Bertz CT molecular complexity index is 881. The number of halogens is 1. The van der Waals surface area contributed by atoms with Gasteiger partial charge in [-0.15, -0.1) is 0 Å². The number of hydrogen-bond acceptors (Lipinski definition) is 6. The zero-order valence-corrected chi connectivity index (χ0v) is 20.6. The van der Waals surface area contributed by atoms with Crippen molar-refractivity contribution in [2.75, 3.05) is 26.7 Å². The van der Waals surface area contributed by atoms with E-state index in [2.05, 4.69) is 5.32 Å². The smallest absolute Gasteiger partial charge is 0.408 e. The Morgan fingerprint density at radius 2 is 1.70 bits per heavy atom. The monoisotopic (exact) mass is 481 g/mol. The average molecular weight is 482 g/mol. The number of hydrogen-bond donors (Lipinski definition) is 1. The van der Waals surface area contributed by atoms with E-state index in [-0.39, 0.29) is 37.4 Å². The molecule has 182 valence electrons. The van der Waals surface area contributed by atoms with Crippen molar-refractivity contribution in [3.63, 3.8) is 0 Å². The summed E-state index contributed by atoms with van der Waals surface area (Å²) in [5.74, 6) is -1.57. The van der Waals surface area contributed by atoms with Gasteiger partial charge in [-0.2, -0.15) is 0 Å². The van der Waals surface area contributed by atoms with Crippen LogP contribution in [0.15, 0.2) is 24.3 Å². The summed E-state index contributed by atoms with van der Waals surface area (Å²) in [5, 5.41) is 3.12. The molecule has 0 aliphatic carbocycles. The lowest BCUT2D eigenvalue weighted by molar-refractivity contribution is -0.151. The molecule has 1 fully saturated rings. The van der Waals surface area contributed by atoms with E-state index in [1.807, 2.05) is 0 Å². The van der Waals surface area contributed by atoms with Gasteiger partial charge in [0, 0.05) is 23.7 Å². The molecule has 1 heterocycles. The third-order valence-electron chi connectivity index (χ3n) is 5.12. The van der Waals surface area contributed by atoms with Gasteiger partial charge in [0.05, 0.1) is 13.7 Å². The van der Waals surface area contributed by atoms with Crippen molar-refractivity contribution in [1.29, 1.82) is 0 Å². The van der Waals surface area contributed by atoms with Crippen LogP contribution in [0.4, 0.5) is 4.79 Å². The molecule has 2 unspecified atom stereocenters. The topological polar surface area (TPSA) is 105 Å². The van der Waals surface area contributed by atoms with E-state index >= 15 is 0 Å². The van der Waals surface area contributed by atoms with Crippen LogP contribution < -0.4 is 5.32 Å². The fourth-order valence-corrected chi connectivity index (χ4v) is 3.59. The van der Waals surface area contributed by atoms with Gasteiger partial charge in [-0.1, -0.05) is 25.4 Å². The molecular formula is C23H32ClN3O6. The number of carbonyl (C=O) groups is 4. The number of alkyl carbamates (subject to hydrolysis) is 1. The number of nitrogens with one attached hydrogen (secondary N) is 1. The first-order valence-corrected chi connectivity index (χ1v) is 11.1. The van der Waals surface area contributed by atoms with E-state index in [4.69, 9.17) is 21.1 Å². The van der Waals surface area contributed by atoms with Crippen LogP contribution in [0.5, 0.6) is 0 Å². The Morgan fingerprint density at radius 1 is 1.09 bits per heavy atom. The molecule has 0 aromatic heterocycles. The molecule has 0 radical (unpaired) electrons. The van der Waals surface area contributed by atoms with Crippen molar-refractivity contribution >= 4 is 35.5 Å². The molecule has 1 saturated heterocycles. The van der Waals surface area contributed by atoms with Crippen LogP contribution in [-0.2, 0) is 19.1 Å². The summed E-state index contributed by atoms with van der Waals surface area (Å²) in [6.07, 6.45) is -0.698. The first-order chi connectivity index (χ1) is 15.3. The number of benzene rings is 1. The third kappa shape index (κ3) is 7.08. The van der Waals surface area contributed by atoms with Crippen LogP contribution in [-0.4, -0.2) is 78.1 Å². The molecule has 3 amide bonds. The second-order valence-electron chi connectivity index (χ2n) is 9.20. The fourth-order valence-electron chi connectivity index (χ4n) is 3.47. The quantitative estimate of drug-likeness (QED) is 0.648. The average Bonchev–Trinajstić information content (AvgIpc) is 2.74. The lowest BCUT2D eigenvalue weighted by Crippen LogP contribution is -2.62. The van der Waals surface area contributed by atoms with E-state index in [1.54, 1.807) is 58.9 Å². The minimum absolute atomic E-state index is 0.0515. The van der Waals surface area contributed by atoms with Crippen LogP contribution >= 0.6 is 11.6 Å². The molecule has 0 bridgehead atoms. The van der Waals surface area contributed by atoms with E-state index in [0.717, 1.165) is 0 Å². The minimum atomic E-state index is -0.981. The summed E-state index contributed by atoms with van der Waals surface area (Å²) in [6.45, 7) is 9.08. The number of rotatable bonds is 5. The maximum Gasteiger partial charge on any atom is 0.408 e. The van der Waals surface area contributed by atoms with Gasteiger partial charge in [0.25, 0.3) is 5.91 Å². The SMILES string of the molecule is COC(=O)C1CN(C(=O)C(NC(=O)OC(C)(C)C)C(C)C)CCN1C(=O)c1ccc(Cl)cc1. The Kier molecular flexibility index (Phi) is 8.71. The van der Waals surface area contributed by atoms with Gasteiger partial charge < -0.3 is 24.6 Å². The van der Waals surface area contributed by atoms with Crippen molar-refractivity contribution in [2.24, 2.45) is 5.92 Å².